The first-order valence-electron chi connectivity index (χ1n) is 6.92. The first-order valence-corrected chi connectivity index (χ1v) is 6.92. The molecule has 0 aromatic heterocycles. The predicted molar refractivity (Wildman–Crippen MR) is 74.6 cm³/mol. The number of ether oxygens (including phenoxy) is 2. The maximum Gasteiger partial charge on any atom is 0.161 e. The topological polar surface area (TPSA) is 50.7 Å². The molecular formula is C15H23NO3. The number of benzene rings is 1. The third-order valence-corrected chi connectivity index (χ3v) is 3.18. The summed E-state index contributed by atoms with van der Waals surface area (Å²) in [6.07, 6.45) is 0.973. The Morgan fingerprint density at radius 1 is 1.21 bits per heavy atom. The van der Waals surface area contributed by atoms with Gasteiger partial charge in [0.05, 0.1) is 6.61 Å². The van der Waals surface area contributed by atoms with Gasteiger partial charge in [-0.25, -0.2) is 0 Å². The Bertz CT molecular complexity index is 406. The van der Waals surface area contributed by atoms with Gasteiger partial charge in [0.15, 0.2) is 11.5 Å². The molecule has 1 aliphatic rings. The predicted octanol–water partition coefficient (Wildman–Crippen LogP) is 1.95. The van der Waals surface area contributed by atoms with E-state index in [4.69, 9.17) is 9.47 Å². The molecule has 19 heavy (non-hydrogen) atoms. The van der Waals surface area contributed by atoms with Crippen LogP contribution in [0.15, 0.2) is 18.2 Å². The monoisotopic (exact) mass is 265 g/mol. The molecule has 0 amide bonds. The highest BCUT2D eigenvalue weighted by Gasteiger charge is 2.13. The van der Waals surface area contributed by atoms with Crippen molar-refractivity contribution in [2.45, 2.75) is 32.9 Å². The van der Waals surface area contributed by atoms with Crippen LogP contribution in [0.25, 0.3) is 0 Å². The fraction of sp³-hybridized carbons (Fsp3) is 0.600. The van der Waals surface area contributed by atoms with Crippen LogP contribution in [0.4, 0.5) is 0 Å². The molecule has 4 heteroatoms. The van der Waals surface area contributed by atoms with Crippen molar-refractivity contribution in [1.82, 2.24) is 5.32 Å². The minimum atomic E-state index is 0.146. The summed E-state index contributed by atoms with van der Waals surface area (Å²) in [4.78, 5) is 0. The molecule has 1 unspecified atom stereocenters. The molecule has 1 aromatic rings. The first-order chi connectivity index (χ1) is 9.19. The second kappa shape index (κ2) is 6.78. The van der Waals surface area contributed by atoms with Gasteiger partial charge in [0.1, 0.15) is 13.2 Å². The van der Waals surface area contributed by atoms with Gasteiger partial charge in [-0.3, -0.25) is 0 Å². The van der Waals surface area contributed by atoms with Crippen molar-refractivity contribution >= 4 is 0 Å². The molecule has 2 N–H and O–H groups in total. The van der Waals surface area contributed by atoms with Gasteiger partial charge in [-0.05, 0) is 30.0 Å². The van der Waals surface area contributed by atoms with Gasteiger partial charge >= 0.3 is 0 Å². The Morgan fingerprint density at radius 2 is 1.95 bits per heavy atom. The van der Waals surface area contributed by atoms with Crippen molar-refractivity contribution in [3.63, 3.8) is 0 Å². The van der Waals surface area contributed by atoms with Crippen molar-refractivity contribution in [1.29, 1.82) is 0 Å². The van der Waals surface area contributed by atoms with Gasteiger partial charge in [-0.15, -0.1) is 0 Å². The lowest BCUT2D eigenvalue weighted by Crippen LogP contribution is -2.33. The summed E-state index contributed by atoms with van der Waals surface area (Å²) < 4.78 is 11.1. The average molecular weight is 265 g/mol. The summed E-state index contributed by atoms with van der Waals surface area (Å²) >= 11 is 0. The maximum atomic E-state index is 9.34. The SMILES string of the molecule is CC(C)CC(CO)NCc1ccc2c(c1)OCCO2. The van der Waals surface area contributed by atoms with Gasteiger partial charge in [-0.2, -0.15) is 0 Å². The smallest absolute Gasteiger partial charge is 0.161 e. The Labute approximate surface area is 114 Å². The van der Waals surface area contributed by atoms with Crippen molar-refractivity contribution in [3.8, 4) is 11.5 Å². The first kappa shape index (κ1) is 14.2. The number of rotatable bonds is 6. The van der Waals surface area contributed by atoms with Crippen molar-refractivity contribution in [2.75, 3.05) is 19.8 Å². The summed E-state index contributed by atoms with van der Waals surface area (Å²) in [7, 11) is 0. The van der Waals surface area contributed by atoms with Gasteiger partial charge in [-0.1, -0.05) is 19.9 Å². The van der Waals surface area contributed by atoms with Crippen LogP contribution in [0.3, 0.4) is 0 Å². The second-order valence-corrected chi connectivity index (χ2v) is 5.37. The van der Waals surface area contributed by atoms with E-state index in [0.29, 0.717) is 19.1 Å². The molecular weight excluding hydrogens is 242 g/mol. The van der Waals surface area contributed by atoms with E-state index in [1.165, 1.54) is 0 Å². The van der Waals surface area contributed by atoms with E-state index < -0.39 is 0 Å². The lowest BCUT2D eigenvalue weighted by molar-refractivity contribution is 0.171. The van der Waals surface area contributed by atoms with Crippen molar-refractivity contribution in [3.05, 3.63) is 23.8 Å². The number of fused-ring (bicyclic) bond motifs is 1. The van der Waals surface area contributed by atoms with E-state index in [1.807, 2.05) is 18.2 Å². The van der Waals surface area contributed by atoms with Crippen molar-refractivity contribution < 1.29 is 14.6 Å². The van der Waals surface area contributed by atoms with Gasteiger partial charge < -0.3 is 19.9 Å². The fourth-order valence-corrected chi connectivity index (χ4v) is 2.25. The van der Waals surface area contributed by atoms with E-state index in [0.717, 1.165) is 30.0 Å². The molecule has 4 nitrogen and oxygen atoms in total. The highest BCUT2D eigenvalue weighted by molar-refractivity contribution is 5.43. The zero-order valence-electron chi connectivity index (χ0n) is 11.7. The van der Waals surface area contributed by atoms with Crippen LogP contribution in [0.1, 0.15) is 25.8 Å². The van der Waals surface area contributed by atoms with Gasteiger partial charge in [0.25, 0.3) is 0 Å². The van der Waals surface area contributed by atoms with Crippen LogP contribution >= 0.6 is 0 Å². The lowest BCUT2D eigenvalue weighted by atomic mass is 10.0. The van der Waals surface area contributed by atoms with E-state index in [-0.39, 0.29) is 12.6 Å². The molecule has 1 atom stereocenters. The molecule has 1 aliphatic heterocycles. The summed E-state index contributed by atoms with van der Waals surface area (Å²) in [6, 6.07) is 6.13. The zero-order chi connectivity index (χ0) is 13.7. The van der Waals surface area contributed by atoms with Crippen LogP contribution < -0.4 is 14.8 Å². The Balaban J connectivity index is 1.92. The summed E-state index contributed by atoms with van der Waals surface area (Å²) in [5, 5.41) is 12.7. The molecule has 1 aromatic carbocycles. The molecule has 0 radical (unpaired) electrons. The van der Waals surface area contributed by atoms with Crippen molar-refractivity contribution in [2.24, 2.45) is 5.92 Å². The Kier molecular flexibility index (Phi) is 5.05. The highest BCUT2D eigenvalue weighted by atomic mass is 16.6. The largest absolute Gasteiger partial charge is 0.486 e. The van der Waals surface area contributed by atoms with Crippen LogP contribution in [0.5, 0.6) is 11.5 Å². The van der Waals surface area contributed by atoms with E-state index in [9.17, 15) is 5.11 Å². The number of hydrogen-bond donors (Lipinski definition) is 2. The lowest BCUT2D eigenvalue weighted by Gasteiger charge is -2.21. The summed E-state index contributed by atoms with van der Waals surface area (Å²) in [5.41, 5.74) is 1.14. The molecule has 0 saturated heterocycles. The van der Waals surface area contributed by atoms with Crippen LogP contribution in [0.2, 0.25) is 0 Å². The number of aliphatic hydroxyl groups excluding tert-OH is 1. The molecule has 1 heterocycles. The minimum absolute atomic E-state index is 0.146. The van der Waals surface area contributed by atoms with Crippen LogP contribution in [0, 0.1) is 5.92 Å². The molecule has 0 aliphatic carbocycles. The second-order valence-electron chi connectivity index (χ2n) is 5.37. The van der Waals surface area contributed by atoms with Crippen LogP contribution in [-0.2, 0) is 6.54 Å². The fourth-order valence-electron chi connectivity index (χ4n) is 2.25. The molecule has 0 bridgehead atoms. The molecule has 106 valence electrons. The molecule has 2 rings (SSSR count). The quantitative estimate of drug-likeness (QED) is 0.825. The van der Waals surface area contributed by atoms with Gasteiger partial charge in [0, 0.05) is 12.6 Å². The molecule has 0 saturated carbocycles. The summed E-state index contributed by atoms with van der Waals surface area (Å²) in [5.74, 6) is 2.20. The highest BCUT2D eigenvalue weighted by Crippen LogP contribution is 2.30. The summed E-state index contributed by atoms with van der Waals surface area (Å²) in [6.45, 7) is 6.45. The number of hydrogen-bond acceptors (Lipinski definition) is 4. The zero-order valence-corrected chi connectivity index (χ0v) is 11.7. The van der Waals surface area contributed by atoms with Crippen LogP contribution in [-0.4, -0.2) is 31.0 Å². The van der Waals surface area contributed by atoms with E-state index in [1.54, 1.807) is 0 Å². The molecule has 0 spiro atoms. The maximum absolute atomic E-state index is 9.34. The van der Waals surface area contributed by atoms with Gasteiger partial charge in [0.2, 0.25) is 0 Å². The minimum Gasteiger partial charge on any atom is -0.486 e. The number of aliphatic hydroxyl groups is 1. The average Bonchev–Trinajstić information content (AvgIpc) is 2.42. The standard InChI is InChI=1S/C15H23NO3/c1-11(2)7-13(10-17)16-9-12-3-4-14-15(8-12)19-6-5-18-14/h3-4,8,11,13,16-17H,5-7,9-10H2,1-2H3. The normalized spacial score (nSPS) is 15.6. The third-order valence-electron chi connectivity index (χ3n) is 3.18. The third kappa shape index (κ3) is 4.11. The Morgan fingerprint density at radius 3 is 2.63 bits per heavy atom. The molecule has 0 fully saturated rings. The Hall–Kier alpha value is -1.26. The van der Waals surface area contributed by atoms with E-state index in [2.05, 4.69) is 19.2 Å². The number of nitrogens with one attached hydrogen (secondary N) is 1. The van der Waals surface area contributed by atoms with E-state index >= 15 is 0 Å².